The van der Waals surface area contributed by atoms with Gasteiger partial charge in [0.25, 0.3) is 0 Å². The molecule has 0 saturated heterocycles. The highest BCUT2D eigenvalue weighted by atomic mass is 79.9. The summed E-state index contributed by atoms with van der Waals surface area (Å²) < 4.78 is 45.7. The Hall–Kier alpha value is -1.25. The maximum atomic E-state index is 12.8. The molecule has 1 amide bonds. The number of nitrogens with zero attached hydrogens (tertiary/aromatic N) is 2. The summed E-state index contributed by atoms with van der Waals surface area (Å²) in [6.07, 6.45) is -2.40. The van der Waals surface area contributed by atoms with Crippen molar-refractivity contribution in [2.75, 3.05) is 5.32 Å². The third-order valence-corrected chi connectivity index (χ3v) is 4.46. The Morgan fingerprint density at radius 1 is 1.29 bits per heavy atom. The number of hydrogen-bond acceptors (Lipinski definition) is 3. The minimum Gasteiger partial charge on any atom is -0.444 e. The SMILES string of the molecule is CC(C)(C)OC(=O)Nc1c(Br)cnn1C1CCC(C(F)(F)F)CC1. The topological polar surface area (TPSA) is 56.1 Å². The Morgan fingerprint density at radius 2 is 1.88 bits per heavy atom. The lowest BCUT2D eigenvalue weighted by atomic mass is 9.85. The minimum absolute atomic E-state index is 0.0670. The predicted octanol–water partition coefficient (Wildman–Crippen LogP) is 5.29. The highest BCUT2D eigenvalue weighted by Gasteiger charge is 2.42. The zero-order valence-corrected chi connectivity index (χ0v) is 15.4. The second-order valence-corrected chi connectivity index (χ2v) is 7.81. The first kappa shape index (κ1) is 19.1. The van der Waals surface area contributed by atoms with E-state index in [1.54, 1.807) is 25.5 Å². The van der Waals surface area contributed by atoms with Gasteiger partial charge in [-0.2, -0.15) is 18.3 Å². The third kappa shape index (κ3) is 4.87. The molecule has 1 aromatic heterocycles. The molecule has 0 atom stereocenters. The van der Waals surface area contributed by atoms with Gasteiger partial charge in [-0.15, -0.1) is 0 Å². The van der Waals surface area contributed by atoms with Crippen LogP contribution in [0.5, 0.6) is 0 Å². The summed E-state index contributed by atoms with van der Waals surface area (Å²) in [5.41, 5.74) is -0.647. The zero-order chi connectivity index (χ0) is 18.1. The van der Waals surface area contributed by atoms with Crippen molar-refractivity contribution in [3.8, 4) is 0 Å². The van der Waals surface area contributed by atoms with Crippen LogP contribution in [0, 0.1) is 5.92 Å². The maximum absolute atomic E-state index is 12.8. The van der Waals surface area contributed by atoms with Gasteiger partial charge in [-0.25, -0.2) is 9.48 Å². The average molecular weight is 412 g/mol. The summed E-state index contributed by atoms with van der Waals surface area (Å²) in [5.74, 6) is -0.852. The van der Waals surface area contributed by atoms with Gasteiger partial charge >= 0.3 is 12.3 Å². The van der Waals surface area contributed by atoms with Gasteiger partial charge in [0.15, 0.2) is 0 Å². The largest absolute Gasteiger partial charge is 0.444 e. The Morgan fingerprint density at radius 3 is 2.38 bits per heavy atom. The van der Waals surface area contributed by atoms with E-state index in [1.165, 1.54) is 6.20 Å². The molecule has 1 aliphatic rings. The van der Waals surface area contributed by atoms with Crippen LogP contribution < -0.4 is 5.32 Å². The van der Waals surface area contributed by atoms with Gasteiger partial charge in [-0.05, 0) is 62.4 Å². The summed E-state index contributed by atoms with van der Waals surface area (Å²) in [6, 6.07) is -0.181. The molecule has 1 heterocycles. The van der Waals surface area contributed by atoms with E-state index in [1.807, 2.05) is 0 Å². The number of carbonyl (C=O) groups is 1. The minimum atomic E-state index is -4.15. The zero-order valence-electron chi connectivity index (χ0n) is 13.8. The van der Waals surface area contributed by atoms with Gasteiger partial charge < -0.3 is 4.74 Å². The summed E-state index contributed by atoms with van der Waals surface area (Å²) in [7, 11) is 0. The van der Waals surface area contributed by atoms with Crippen LogP contribution in [0.3, 0.4) is 0 Å². The second kappa shape index (κ2) is 6.93. The molecule has 136 valence electrons. The van der Waals surface area contributed by atoms with Crippen molar-refractivity contribution in [1.29, 1.82) is 0 Å². The lowest BCUT2D eigenvalue weighted by molar-refractivity contribution is -0.183. The van der Waals surface area contributed by atoms with Crippen LogP contribution in [0.15, 0.2) is 10.7 Å². The normalized spacial score (nSPS) is 22.3. The van der Waals surface area contributed by atoms with Crippen LogP contribution in [0.25, 0.3) is 0 Å². The number of alkyl halides is 3. The van der Waals surface area contributed by atoms with Gasteiger partial charge in [-0.1, -0.05) is 0 Å². The van der Waals surface area contributed by atoms with Gasteiger partial charge in [0.05, 0.1) is 22.6 Å². The van der Waals surface area contributed by atoms with Gasteiger partial charge in [0.2, 0.25) is 0 Å². The van der Waals surface area contributed by atoms with Crippen molar-refractivity contribution in [3.63, 3.8) is 0 Å². The van der Waals surface area contributed by atoms with E-state index < -0.39 is 23.8 Å². The van der Waals surface area contributed by atoms with E-state index in [0.717, 1.165) is 0 Å². The lowest BCUT2D eigenvalue weighted by Gasteiger charge is -2.30. The fourth-order valence-corrected chi connectivity index (χ4v) is 3.16. The van der Waals surface area contributed by atoms with Crippen LogP contribution >= 0.6 is 15.9 Å². The number of carbonyl (C=O) groups excluding carboxylic acids is 1. The second-order valence-electron chi connectivity index (χ2n) is 6.96. The first-order valence-electron chi connectivity index (χ1n) is 7.77. The van der Waals surface area contributed by atoms with E-state index in [9.17, 15) is 18.0 Å². The smallest absolute Gasteiger partial charge is 0.413 e. The summed E-state index contributed by atoms with van der Waals surface area (Å²) in [5, 5.41) is 6.82. The summed E-state index contributed by atoms with van der Waals surface area (Å²) in [4.78, 5) is 12.0. The molecule has 0 aliphatic heterocycles. The first-order valence-corrected chi connectivity index (χ1v) is 8.56. The molecule has 0 unspecified atom stereocenters. The molecule has 5 nitrogen and oxygen atoms in total. The van der Waals surface area contributed by atoms with E-state index in [0.29, 0.717) is 23.1 Å². The average Bonchev–Trinajstić information content (AvgIpc) is 2.77. The highest BCUT2D eigenvalue weighted by Crippen LogP contribution is 2.42. The number of ether oxygens (including phenoxy) is 1. The molecule has 1 aromatic rings. The Kier molecular flexibility index (Phi) is 5.51. The molecule has 0 bridgehead atoms. The molecular formula is C15H21BrF3N3O2. The van der Waals surface area contributed by atoms with Crippen LogP contribution in [0.2, 0.25) is 0 Å². The number of hydrogen-bond donors (Lipinski definition) is 1. The molecule has 1 fully saturated rings. The third-order valence-electron chi connectivity index (χ3n) is 3.88. The van der Waals surface area contributed by atoms with E-state index in [-0.39, 0.29) is 18.9 Å². The van der Waals surface area contributed by atoms with Crippen molar-refractivity contribution in [2.24, 2.45) is 5.92 Å². The molecule has 2 rings (SSSR count). The van der Waals surface area contributed by atoms with Gasteiger partial charge in [-0.3, -0.25) is 5.32 Å². The standard InChI is InChI=1S/C15H21BrF3N3O2/c1-14(2,3)24-13(23)21-12-11(16)8-20-22(12)10-6-4-9(5-7-10)15(17,18)19/h8-10H,4-7H2,1-3H3,(H,21,23). The van der Waals surface area contributed by atoms with Crippen molar-refractivity contribution in [2.45, 2.75) is 64.3 Å². The molecule has 1 N–H and O–H groups in total. The number of aromatic nitrogens is 2. The van der Waals surface area contributed by atoms with E-state index >= 15 is 0 Å². The van der Waals surface area contributed by atoms with E-state index in [2.05, 4.69) is 26.3 Å². The fraction of sp³-hybridized carbons (Fsp3) is 0.733. The van der Waals surface area contributed by atoms with Crippen LogP contribution in [0.4, 0.5) is 23.8 Å². The number of nitrogens with one attached hydrogen (secondary N) is 1. The summed E-state index contributed by atoms with van der Waals surface area (Å²) >= 11 is 3.30. The number of halogens is 4. The molecule has 9 heteroatoms. The van der Waals surface area contributed by atoms with Crippen molar-refractivity contribution in [1.82, 2.24) is 9.78 Å². The summed E-state index contributed by atoms with van der Waals surface area (Å²) in [6.45, 7) is 5.24. The Bertz CT molecular complexity index is 588. The fourth-order valence-electron chi connectivity index (χ4n) is 2.78. The highest BCUT2D eigenvalue weighted by molar-refractivity contribution is 9.10. The van der Waals surface area contributed by atoms with Crippen LogP contribution in [-0.2, 0) is 4.74 Å². The number of amides is 1. The maximum Gasteiger partial charge on any atom is 0.413 e. The molecule has 0 spiro atoms. The Labute approximate surface area is 147 Å². The van der Waals surface area contributed by atoms with E-state index in [4.69, 9.17) is 4.74 Å². The molecule has 0 aromatic carbocycles. The molecular weight excluding hydrogens is 391 g/mol. The molecule has 0 radical (unpaired) electrons. The van der Waals surface area contributed by atoms with Crippen LogP contribution in [-0.4, -0.2) is 27.7 Å². The molecule has 24 heavy (non-hydrogen) atoms. The van der Waals surface area contributed by atoms with Gasteiger partial charge in [0, 0.05) is 0 Å². The molecule has 1 saturated carbocycles. The Balaban J connectivity index is 2.07. The van der Waals surface area contributed by atoms with Crippen LogP contribution in [0.1, 0.15) is 52.5 Å². The predicted molar refractivity (Wildman–Crippen MR) is 86.8 cm³/mol. The lowest BCUT2D eigenvalue weighted by Crippen LogP contribution is -2.31. The monoisotopic (exact) mass is 411 g/mol. The quantitative estimate of drug-likeness (QED) is 0.719. The number of anilines is 1. The first-order chi connectivity index (χ1) is 11.0. The molecule has 1 aliphatic carbocycles. The van der Waals surface area contributed by atoms with Crippen molar-refractivity contribution in [3.05, 3.63) is 10.7 Å². The van der Waals surface area contributed by atoms with Gasteiger partial charge in [0.1, 0.15) is 11.4 Å². The van der Waals surface area contributed by atoms with Crippen molar-refractivity contribution >= 4 is 27.8 Å². The van der Waals surface area contributed by atoms with Crippen molar-refractivity contribution < 1.29 is 22.7 Å². The number of rotatable bonds is 2.